The van der Waals surface area contributed by atoms with Gasteiger partial charge in [0.1, 0.15) is 16.9 Å². The summed E-state index contributed by atoms with van der Waals surface area (Å²) in [7, 11) is 0. The summed E-state index contributed by atoms with van der Waals surface area (Å²) in [5, 5.41) is 33.6. The van der Waals surface area contributed by atoms with Crippen LogP contribution in [0.3, 0.4) is 0 Å². The Bertz CT molecular complexity index is 2180. The number of nitrogens with zero attached hydrogens (tertiary/aromatic N) is 8. The lowest BCUT2D eigenvalue weighted by Crippen LogP contribution is -2.35. The topological polar surface area (TPSA) is 186 Å². The Morgan fingerprint density at radius 1 is 0.923 bits per heavy atom. The van der Waals surface area contributed by atoms with Gasteiger partial charge >= 0.3 is 0 Å². The van der Waals surface area contributed by atoms with Crippen molar-refractivity contribution in [3.05, 3.63) is 92.6 Å². The second-order valence-corrected chi connectivity index (χ2v) is 13.5. The third-order valence-electron chi connectivity index (χ3n) is 8.23. The normalized spacial score (nSPS) is 13.2. The van der Waals surface area contributed by atoms with Crippen molar-refractivity contribution >= 4 is 52.1 Å². The fraction of sp³-hybridized carbons (Fsp3) is 0.286. The van der Waals surface area contributed by atoms with Crippen molar-refractivity contribution in [2.45, 2.75) is 39.7 Å². The Morgan fingerprint density at radius 3 is 2.40 bits per heavy atom. The number of fused-ring (bicyclic) bond motifs is 3. The van der Waals surface area contributed by atoms with Gasteiger partial charge in [0.25, 0.3) is 11.7 Å². The van der Waals surface area contributed by atoms with E-state index in [4.69, 9.17) is 23.0 Å². The van der Waals surface area contributed by atoms with Crippen LogP contribution in [0.25, 0.3) is 10.7 Å². The Balaban J connectivity index is 1.04. The lowest BCUT2D eigenvalue weighted by molar-refractivity contribution is -0.121. The highest BCUT2D eigenvalue weighted by Crippen LogP contribution is 2.39. The number of hydrogen-bond donors (Lipinski definition) is 4. The minimum Gasteiger partial charge on any atom is -0.376 e. The van der Waals surface area contributed by atoms with Crippen molar-refractivity contribution in [1.82, 2.24) is 50.9 Å². The van der Waals surface area contributed by atoms with Crippen LogP contribution in [-0.4, -0.2) is 84.6 Å². The number of rotatable bonds is 13. The smallest absolute Gasteiger partial charge is 0.292 e. The van der Waals surface area contributed by atoms with Gasteiger partial charge in [0, 0.05) is 52.8 Å². The SMILES string of the molecule is C#CCCNC(=O)CNc1ccc(-n2nnc(C(=O)NCCNC(=O)C[C@@H]3N=C(c4ccc(Cl)cc4)c4c(sc(C)c4C)-n4c(C)nnc43)n2)cc1. The summed E-state index contributed by atoms with van der Waals surface area (Å²) in [6, 6.07) is 13.8. The Morgan fingerprint density at radius 2 is 1.65 bits per heavy atom. The molecule has 15 nitrogen and oxygen atoms in total. The fourth-order valence-corrected chi connectivity index (χ4v) is 6.82. The van der Waals surface area contributed by atoms with Gasteiger partial charge in [-0.2, -0.15) is 0 Å². The van der Waals surface area contributed by atoms with Gasteiger partial charge in [0.15, 0.2) is 5.82 Å². The van der Waals surface area contributed by atoms with Crippen LogP contribution in [0, 0.1) is 33.1 Å². The van der Waals surface area contributed by atoms with Crippen LogP contribution in [0.2, 0.25) is 5.02 Å². The summed E-state index contributed by atoms with van der Waals surface area (Å²) < 4.78 is 1.99. The van der Waals surface area contributed by atoms with Crippen molar-refractivity contribution in [3.63, 3.8) is 0 Å². The third-order valence-corrected chi connectivity index (χ3v) is 9.67. The standard InChI is InChI=1S/C35H35ClN12O3S/c1-5-6-15-37-29(50)19-40-25-11-13-26(14-12-25)48-45-32(43-46-48)34(51)39-17-16-38-28(49)18-27-33-44-42-22(4)47(33)35-30(20(2)21(3)52-35)31(41-27)23-7-9-24(36)10-8-23/h1,7-14,27,40H,6,15-19H2,2-4H3,(H,37,50)(H,38,49)(H,39,51)/t27-/m0/s1. The maximum Gasteiger partial charge on any atom is 0.292 e. The van der Waals surface area contributed by atoms with Crippen LogP contribution in [0.5, 0.6) is 0 Å². The van der Waals surface area contributed by atoms with E-state index < -0.39 is 11.9 Å². The van der Waals surface area contributed by atoms with Gasteiger partial charge in [-0.3, -0.25) is 23.9 Å². The number of tetrazole rings is 1. The van der Waals surface area contributed by atoms with Crippen LogP contribution < -0.4 is 21.3 Å². The number of anilines is 1. The molecule has 0 unspecified atom stereocenters. The van der Waals surface area contributed by atoms with Crippen LogP contribution >= 0.6 is 22.9 Å². The molecule has 0 spiro atoms. The first kappa shape index (κ1) is 35.9. The Labute approximate surface area is 308 Å². The first-order valence-corrected chi connectivity index (χ1v) is 17.6. The monoisotopic (exact) mass is 738 g/mol. The van der Waals surface area contributed by atoms with E-state index >= 15 is 0 Å². The van der Waals surface area contributed by atoms with E-state index in [9.17, 15) is 14.4 Å². The van der Waals surface area contributed by atoms with Crippen LogP contribution in [0.15, 0.2) is 53.5 Å². The largest absolute Gasteiger partial charge is 0.376 e. The van der Waals surface area contributed by atoms with E-state index in [0.29, 0.717) is 41.0 Å². The average Bonchev–Trinajstić information content (AvgIpc) is 3.83. The molecule has 17 heteroatoms. The second kappa shape index (κ2) is 16.0. The van der Waals surface area contributed by atoms with Crippen molar-refractivity contribution < 1.29 is 14.4 Å². The zero-order valence-corrected chi connectivity index (χ0v) is 30.2. The number of nitrogens with one attached hydrogen (secondary N) is 4. The number of halogens is 1. The minimum absolute atomic E-state index is 0.0139. The molecule has 4 N–H and O–H groups in total. The summed E-state index contributed by atoms with van der Waals surface area (Å²) in [4.78, 5) is 45.4. The number of carbonyl (C=O) groups excluding carboxylic acids is 3. The van der Waals surface area contributed by atoms with E-state index in [1.807, 2.05) is 35.8 Å². The molecule has 2 aromatic carbocycles. The number of hydrogen-bond acceptors (Lipinski definition) is 11. The summed E-state index contributed by atoms with van der Waals surface area (Å²) >= 11 is 7.84. The van der Waals surface area contributed by atoms with Gasteiger partial charge in [0.05, 0.1) is 24.4 Å². The first-order valence-electron chi connectivity index (χ1n) is 16.4. The number of carbonyl (C=O) groups is 3. The van der Waals surface area contributed by atoms with Gasteiger partial charge in [-0.05, 0) is 67.9 Å². The molecule has 266 valence electrons. The molecule has 1 aliphatic heterocycles. The van der Waals surface area contributed by atoms with E-state index in [1.54, 1.807) is 35.6 Å². The molecular weight excluding hydrogens is 704 g/mol. The molecule has 0 bridgehead atoms. The summed E-state index contributed by atoms with van der Waals surface area (Å²) in [6.45, 7) is 6.83. The van der Waals surface area contributed by atoms with Gasteiger partial charge < -0.3 is 21.3 Å². The van der Waals surface area contributed by atoms with Gasteiger partial charge in [-0.1, -0.05) is 23.7 Å². The summed E-state index contributed by atoms with van der Waals surface area (Å²) in [5.41, 5.74) is 4.99. The van der Waals surface area contributed by atoms with Crippen molar-refractivity contribution in [3.8, 4) is 23.0 Å². The van der Waals surface area contributed by atoms with E-state index in [2.05, 4.69) is 66.6 Å². The zero-order chi connectivity index (χ0) is 36.8. The number of aromatic nitrogens is 7. The van der Waals surface area contributed by atoms with Crippen LogP contribution in [0.1, 0.15) is 62.7 Å². The lowest BCUT2D eigenvalue weighted by atomic mass is 9.99. The van der Waals surface area contributed by atoms with Gasteiger partial charge in [-0.25, -0.2) is 0 Å². The van der Waals surface area contributed by atoms with Crippen molar-refractivity contribution in [2.75, 3.05) is 31.5 Å². The second-order valence-electron chi connectivity index (χ2n) is 11.8. The predicted molar refractivity (Wildman–Crippen MR) is 197 cm³/mol. The average molecular weight is 739 g/mol. The predicted octanol–water partition coefficient (Wildman–Crippen LogP) is 3.26. The highest BCUT2D eigenvalue weighted by Gasteiger charge is 2.32. The molecule has 3 amide bonds. The van der Waals surface area contributed by atoms with E-state index in [1.165, 1.54) is 4.80 Å². The number of thiophene rings is 1. The number of aryl methyl sites for hydroxylation is 2. The van der Waals surface area contributed by atoms with Crippen LogP contribution in [-0.2, 0) is 9.59 Å². The summed E-state index contributed by atoms with van der Waals surface area (Å²) in [5.74, 6) is 2.62. The molecular formula is C35H35ClN12O3S. The zero-order valence-electron chi connectivity index (χ0n) is 28.6. The molecule has 3 aromatic heterocycles. The molecule has 0 aliphatic carbocycles. The molecule has 1 atom stereocenters. The molecule has 0 radical (unpaired) electrons. The van der Waals surface area contributed by atoms with Crippen molar-refractivity contribution in [1.29, 1.82) is 0 Å². The molecule has 6 rings (SSSR count). The van der Waals surface area contributed by atoms with Crippen LogP contribution in [0.4, 0.5) is 5.69 Å². The molecule has 5 aromatic rings. The summed E-state index contributed by atoms with van der Waals surface area (Å²) in [6.07, 6.45) is 5.67. The molecule has 1 aliphatic rings. The number of benzene rings is 2. The molecule has 0 saturated carbocycles. The van der Waals surface area contributed by atoms with Crippen molar-refractivity contribution in [2.24, 2.45) is 4.99 Å². The molecule has 52 heavy (non-hydrogen) atoms. The molecule has 4 heterocycles. The van der Waals surface area contributed by atoms with Gasteiger partial charge in [0.2, 0.25) is 11.8 Å². The quantitative estimate of drug-likeness (QED) is 0.104. The Kier molecular flexibility index (Phi) is 11.0. The Hall–Kier alpha value is -5.92. The number of amides is 3. The molecule has 0 saturated heterocycles. The lowest BCUT2D eigenvalue weighted by Gasteiger charge is -2.13. The highest BCUT2D eigenvalue weighted by molar-refractivity contribution is 7.15. The first-order chi connectivity index (χ1) is 25.1. The van der Waals surface area contributed by atoms with Gasteiger partial charge in [-0.15, -0.1) is 48.9 Å². The van der Waals surface area contributed by atoms with E-state index in [-0.39, 0.29) is 43.7 Å². The maximum absolute atomic E-state index is 13.3. The maximum atomic E-state index is 13.3. The third kappa shape index (κ3) is 8.01. The number of aliphatic imine (C=N–C) groups is 1. The minimum atomic E-state index is -0.617. The fourth-order valence-electron chi connectivity index (χ4n) is 5.48. The highest BCUT2D eigenvalue weighted by atomic mass is 35.5. The van der Waals surface area contributed by atoms with E-state index in [0.717, 1.165) is 32.3 Å². The molecule has 0 fully saturated rings. The number of terminal acetylenes is 1.